The van der Waals surface area contributed by atoms with E-state index in [9.17, 15) is 0 Å². The first-order chi connectivity index (χ1) is 7.79. The number of hydrogen-bond donors (Lipinski definition) is 0. The third-order valence-corrected chi connectivity index (χ3v) is 3.70. The van der Waals surface area contributed by atoms with Crippen LogP contribution in [0.3, 0.4) is 0 Å². The van der Waals surface area contributed by atoms with Crippen LogP contribution in [-0.2, 0) is 11.9 Å². The van der Waals surface area contributed by atoms with Crippen molar-refractivity contribution in [3.63, 3.8) is 0 Å². The van der Waals surface area contributed by atoms with Crippen LogP contribution in [0.2, 0.25) is 5.02 Å². The monoisotopic (exact) mass is 317 g/mol. The van der Waals surface area contributed by atoms with Gasteiger partial charge in [0.15, 0.2) is 0 Å². The predicted octanol–water partition coefficient (Wildman–Crippen LogP) is 4.27. The van der Waals surface area contributed by atoms with Crippen molar-refractivity contribution >= 4 is 38.9 Å². The van der Waals surface area contributed by atoms with Crippen molar-refractivity contribution in [2.24, 2.45) is 0 Å². The maximum atomic E-state index is 6.09. The first-order valence-corrected chi connectivity index (χ1v) is 7.02. The van der Waals surface area contributed by atoms with Gasteiger partial charge in [-0.15, -0.1) is 11.3 Å². The van der Waals surface area contributed by atoms with Crippen LogP contribution in [0.15, 0.2) is 29.9 Å². The van der Waals surface area contributed by atoms with Gasteiger partial charge < -0.3 is 4.74 Å². The fraction of sp³-hybridized carbons (Fsp3) is 0.182. The highest BCUT2D eigenvalue weighted by Crippen LogP contribution is 2.27. The molecule has 0 bridgehead atoms. The molecule has 0 N–H and O–H groups in total. The molecule has 0 saturated heterocycles. The molecule has 0 unspecified atom stereocenters. The van der Waals surface area contributed by atoms with E-state index in [4.69, 9.17) is 16.3 Å². The molecule has 0 fully saturated rings. The summed E-state index contributed by atoms with van der Waals surface area (Å²) in [6, 6.07) is 5.78. The molecule has 0 aliphatic carbocycles. The number of benzene rings is 1. The van der Waals surface area contributed by atoms with Gasteiger partial charge in [0.2, 0.25) is 0 Å². The summed E-state index contributed by atoms with van der Waals surface area (Å²) >= 11 is 11.0. The van der Waals surface area contributed by atoms with Crippen LogP contribution >= 0.6 is 38.9 Å². The standard InChI is InChI=1S/C11H9BrClNOS/c12-4-8-1-2-11(10(13)3-8)15-6-9-5-14-7-16-9/h1-3,5,7H,4,6H2. The SMILES string of the molecule is Clc1cc(CBr)ccc1OCc1cncs1. The van der Waals surface area contributed by atoms with Gasteiger partial charge in [-0.2, -0.15) is 0 Å². The van der Waals surface area contributed by atoms with E-state index in [1.807, 2.05) is 18.2 Å². The molecule has 1 aromatic heterocycles. The summed E-state index contributed by atoms with van der Waals surface area (Å²) in [5.74, 6) is 0.708. The quantitative estimate of drug-likeness (QED) is 0.785. The Bertz CT molecular complexity index is 461. The molecule has 0 atom stereocenters. The molecule has 0 saturated carbocycles. The van der Waals surface area contributed by atoms with E-state index in [1.54, 1.807) is 23.0 Å². The summed E-state index contributed by atoms with van der Waals surface area (Å²) in [4.78, 5) is 5.07. The van der Waals surface area contributed by atoms with Crippen molar-refractivity contribution < 1.29 is 4.74 Å². The first-order valence-electron chi connectivity index (χ1n) is 4.64. The number of nitrogens with zero attached hydrogens (tertiary/aromatic N) is 1. The maximum absolute atomic E-state index is 6.09. The molecule has 0 radical (unpaired) electrons. The molecule has 0 aliphatic heterocycles. The van der Waals surface area contributed by atoms with Gasteiger partial charge in [0.1, 0.15) is 12.4 Å². The van der Waals surface area contributed by atoms with Crippen LogP contribution in [-0.4, -0.2) is 4.98 Å². The second-order valence-electron chi connectivity index (χ2n) is 3.15. The topological polar surface area (TPSA) is 22.1 Å². The number of ether oxygens (including phenoxy) is 1. The highest BCUT2D eigenvalue weighted by atomic mass is 79.9. The Morgan fingerprint density at radius 3 is 2.94 bits per heavy atom. The van der Waals surface area contributed by atoms with Crippen molar-refractivity contribution in [2.75, 3.05) is 0 Å². The predicted molar refractivity (Wildman–Crippen MR) is 70.5 cm³/mol. The van der Waals surface area contributed by atoms with Crippen LogP contribution in [0.1, 0.15) is 10.4 Å². The lowest BCUT2D eigenvalue weighted by atomic mass is 10.2. The van der Waals surface area contributed by atoms with E-state index in [0.29, 0.717) is 17.4 Å². The Morgan fingerprint density at radius 2 is 2.31 bits per heavy atom. The zero-order valence-electron chi connectivity index (χ0n) is 8.32. The molecule has 1 heterocycles. The summed E-state index contributed by atoms with van der Waals surface area (Å²) in [6.45, 7) is 0.512. The van der Waals surface area contributed by atoms with Crippen molar-refractivity contribution in [1.29, 1.82) is 0 Å². The fourth-order valence-corrected chi connectivity index (χ4v) is 2.32. The molecule has 5 heteroatoms. The van der Waals surface area contributed by atoms with E-state index in [1.165, 1.54) is 0 Å². The second kappa shape index (κ2) is 5.66. The molecule has 0 spiro atoms. The Hall–Kier alpha value is -0.580. The first kappa shape index (κ1) is 11.9. The molecule has 84 valence electrons. The third kappa shape index (κ3) is 2.97. The summed E-state index contributed by atoms with van der Waals surface area (Å²) in [5, 5.41) is 1.43. The van der Waals surface area contributed by atoms with Gasteiger partial charge in [-0.1, -0.05) is 33.6 Å². The minimum atomic E-state index is 0.512. The van der Waals surface area contributed by atoms with Crippen molar-refractivity contribution in [1.82, 2.24) is 4.98 Å². The normalized spacial score (nSPS) is 10.4. The molecule has 16 heavy (non-hydrogen) atoms. The van der Waals surface area contributed by atoms with Crippen LogP contribution in [0.5, 0.6) is 5.75 Å². The fourth-order valence-electron chi connectivity index (χ4n) is 1.21. The maximum Gasteiger partial charge on any atom is 0.138 e. The van der Waals surface area contributed by atoms with Crippen molar-refractivity contribution in [3.05, 3.63) is 45.4 Å². The van der Waals surface area contributed by atoms with Gasteiger partial charge in [0.05, 0.1) is 15.4 Å². The Morgan fingerprint density at radius 1 is 1.44 bits per heavy atom. The minimum absolute atomic E-state index is 0.512. The van der Waals surface area contributed by atoms with E-state index in [0.717, 1.165) is 15.8 Å². The van der Waals surface area contributed by atoms with Gasteiger partial charge in [-0.3, -0.25) is 4.98 Å². The van der Waals surface area contributed by atoms with E-state index in [2.05, 4.69) is 20.9 Å². The lowest BCUT2D eigenvalue weighted by Crippen LogP contribution is -1.94. The summed E-state index contributed by atoms with van der Waals surface area (Å²) in [7, 11) is 0. The number of alkyl halides is 1. The van der Waals surface area contributed by atoms with Gasteiger partial charge >= 0.3 is 0 Å². The molecular formula is C11H9BrClNOS. The number of aromatic nitrogens is 1. The Labute approximate surface area is 111 Å². The zero-order valence-corrected chi connectivity index (χ0v) is 11.5. The number of hydrogen-bond acceptors (Lipinski definition) is 3. The molecule has 0 amide bonds. The number of rotatable bonds is 4. The average Bonchev–Trinajstić information content (AvgIpc) is 2.80. The van der Waals surface area contributed by atoms with Crippen molar-refractivity contribution in [3.8, 4) is 5.75 Å². The van der Waals surface area contributed by atoms with Crippen molar-refractivity contribution in [2.45, 2.75) is 11.9 Å². The van der Waals surface area contributed by atoms with Gasteiger partial charge in [-0.25, -0.2) is 0 Å². The Kier molecular flexibility index (Phi) is 4.21. The molecular weight excluding hydrogens is 310 g/mol. The zero-order chi connectivity index (χ0) is 11.4. The lowest BCUT2D eigenvalue weighted by molar-refractivity contribution is 0.309. The molecule has 2 nitrogen and oxygen atoms in total. The van der Waals surface area contributed by atoms with E-state index >= 15 is 0 Å². The van der Waals surface area contributed by atoms with E-state index < -0.39 is 0 Å². The second-order valence-corrected chi connectivity index (χ2v) is 5.09. The summed E-state index contributed by atoms with van der Waals surface area (Å²) in [5.41, 5.74) is 2.92. The Balaban J connectivity index is 2.04. The number of halogens is 2. The van der Waals surface area contributed by atoms with Crippen LogP contribution < -0.4 is 4.74 Å². The summed E-state index contributed by atoms with van der Waals surface area (Å²) in [6.07, 6.45) is 1.80. The molecule has 2 rings (SSSR count). The van der Waals surface area contributed by atoms with E-state index in [-0.39, 0.29) is 0 Å². The van der Waals surface area contributed by atoms with Gasteiger partial charge in [0.25, 0.3) is 0 Å². The third-order valence-electron chi connectivity index (χ3n) is 2.00. The van der Waals surface area contributed by atoms with Crippen LogP contribution in [0.25, 0.3) is 0 Å². The molecule has 1 aromatic carbocycles. The smallest absolute Gasteiger partial charge is 0.138 e. The largest absolute Gasteiger partial charge is 0.486 e. The van der Waals surface area contributed by atoms with Crippen LogP contribution in [0.4, 0.5) is 0 Å². The highest BCUT2D eigenvalue weighted by molar-refractivity contribution is 9.08. The average molecular weight is 319 g/mol. The van der Waals surface area contributed by atoms with Gasteiger partial charge in [0, 0.05) is 11.5 Å². The highest BCUT2D eigenvalue weighted by Gasteiger charge is 2.03. The molecule has 0 aliphatic rings. The lowest BCUT2D eigenvalue weighted by Gasteiger charge is -2.07. The number of thiazole rings is 1. The van der Waals surface area contributed by atoms with Crippen LogP contribution in [0, 0.1) is 0 Å². The molecule has 2 aromatic rings. The minimum Gasteiger partial charge on any atom is -0.486 e. The summed E-state index contributed by atoms with van der Waals surface area (Å²) < 4.78 is 5.60. The van der Waals surface area contributed by atoms with Gasteiger partial charge in [-0.05, 0) is 17.7 Å².